The maximum Gasteiger partial charge on any atom is 0.266 e. The zero-order valence-corrected chi connectivity index (χ0v) is 10.1. The fourth-order valence-electron chi connectivity index (χ4n) is 1.19. The Balaban J connectivity index is 2.09. The quantitative estimate of drug-likeness (QED) is 0.834. The number of H-pyrrole nitrogens is 1. The first-order valence-corrected chi connectivity index (χ1v) is 5.66. The van der Waals surface area contributed by atoms with Crippen molar-refractivity contribution in [1.29, 1.82) is 0 Å². The number of nitrogens with one attached hydrogen (secondary N) is 2. The molecule has 4 nitrogen and oxygen atoms in total. The molecule has 2 N–H and O–H groups in total. The molecule has 1 heterocycles. The second-order valence-corrected chi connectivity index (χ2v) is 5.14. The van der Waals surface area contributed by atoms with Gasteiger partial charge in [0.2, 0.25) is 0 Å². The molecule has 0 unspecified atom stereocenters. The Labute approximate surface area is 95.7 Å². The molecule has 1 aliphatic carbocycles. The van der Waals surface area contributed by atoms with E-state index in [1.807, 2.05) is 22.6 Å². The fourth-order valence-corrected chi connectivity index (χ4v) is 1.68. The van der Waals surface area contributed by atoms with Crippen LogP contribution in [0.15, 0.2) is 11.1 Å². The maximum absolute atomic E-state index is 11.2. The summed E-state index contributed by atoms with van der Waals surface area (Å²) in [5.74, 6) is 0.697. The average Bonchev–Trinajstić information content (AvgIpc) is 2.88. The number of nitrogens with zero attached hydrogens (tertiary/aromatic N) is 1. The molecule has 1 fully saturated rings. The Morgan fingerprint density at radius 1 is 1.71 bits per heavy atom. The topological polar surface area (TPSA) is 57.8 Å². The highest BCUT2D eigenvalue weighted by molar-refractivity contribution is 14.1. The molecule has 1 aromatic rings. The Morgan fingerprint density at radius 2 is 2.43 bits per heavy atom. The molecule has 0 aliphatic heterocycles. The van der Waals surface area contributed by atoms with E-state index in [4.69, 9.17) is 0 Å². The first-order chi connectivity index (χ1) is 6.61. The number of aromatic nitrogens is 2. The summed E-state index contributed by atoms with van der Waals surface area (Å²) in [7, 11) is 0. The Kier molecular flexibility index (Phi) is 2.50. The van der Waals surface area contributed by atoms with Crippen LogP contribution < -0.4 is 10.9 Å². The summed E-state index contributed by atoms with van der Waals surface area (Å²) < 4.78 is 0.634. The predicted octanol–water partition coefficient (Wildman–Crippen LogP) is 1.59. The smallest absolute Gasteiger partial charge is 0.266 e. The van der Waals surface area contributed by atoms with Gasteiger partial charge < -0.3 is 10.3 Å². The highest BCUT2D eigenvalue weighted by Crippen LogP contribution is 2.44. The molecular formula is C9H12IN3O. The third kappa shape index (κ3) is 2.08. The maximum atomic E-state index is 11.2. The summed E-state index contributed by atoms with van der Waals surface area (Å²) in [5.41, 5.74) is 0.344. The van der Waals surface area contributed by atoms with Crippen LogP contribution in [0.25, 0.3) is 0 Å². The number of rotatable bonds is 3. The average molecular weight is 305 g/mol. The van der Waals surface area contributed by atoms with Crippen LogP contribution in [0.2, 0.25) is 0 Å². The third-order valence-corrected chi connectivity index (χ3v) is 3.58. The van der Waals surface area contributed by atoms with Crippen LogP contribution in [0.4, 0.5) is 5.82 Å². The van der Waals surface area contributed by atoms with Crippen molar-refractivity contribution in [2.75, 3.05) is 11.9 Å². The third-order valence-electron chi connectivity index (χ3n) is 2.58. The van der Waals surface area contributed by atoms with Gasteiger partial charge in [0.15, 0.2) is 0 Å². The predicted molar refractivity (Wildman–Crippen MR) is 63.4 cm³/mol. The zero-order valence-electron chi connectivity index (χ0n) is 7.93. The largest absolute Gasteiger partial charge is 0.368 e. The van der Waals surface area contributed by atoms with Gasteiger partial charge in [-0.25, -0.2) is 4.98 Å². The van der Waals surface area contributed by atoms with Gasteiger partial charge in [-0.3, -0.25) is 4.79 Å². The normalized spacial score (nSPS) is 17.9. The molecule has 0 radical (unpaired) electrons. The SMILES string of the molecule is CC1(CNc2nc[nH]c(=O)c2I)CC1. The van der Waals surface area contributed by atoms with Crippen LogP contribution in [0.1, 0.15) is 19.8 Å². The van der Waals surface area contributed by atoms with E-state index in [1.165, 1.54) is 19.2 Å². The van der Waals surface area contributed by atoms with Crippen LogP contribution >= 0.6 is 22.6 Å². The Hall–Kier alpha value is -0.590. The van der Waals surface area contributed by atoms with Crippen molar-refractivity contribution in [3.8, 4) is 0 Å². The summed E-state index contributed by atoms with van der Waals surface area (Å²) in [6.07, 6.45) is 3.96. The molecule has 0 amide bonds. The van der Waals surface area contributed by atoms with Crippen LogP contribution in [-0.2, 0) is 0 Å². The fraction of sp³-hybridized carbons (Fsp3) is 0.556. The lowest BCUT2D eigenvalue weighted by Crippen LogP contribution is -2.18. The van der Waals surface area contributed by atoms with E-state index in [2.05, 4.69) is 22.2 Å². The lowest BCUT2D eigenvalue weighted by molar-refractivity contribution is 0.609. The van der Waals surface area contributed by atoms with E-state index in [0.29, 0.717) is 14.8 Å². The van der Waals surface area contributed by atoms with E-state index < -0.39 is 0 Å². The lowest BCUT2D eigenvalue weighted by Gasteiger charge is -2.10. The molecule has 0 saturated heterocycles. The number of hydrogen-bond acceptors (Lipinski definition) is 3. The van der Waals surface area contributed by atoms with Crippen molar-refractivity contribution in [1.82, 2.24) is 9.97 Å². The van der Waals surface area contributed by atoms with Crippen molar-refractivity contribution in [2.24, 2.45) is 5.41 Å². The van der Waals surface area contributed by atoms with Crippen molar-refractivity contribution in [3.63, 3.8) is 0 Å². The number of anilines is 1. The molecule has 0 aromatic carbocycles. The molecule has 1 aromatic heterocycles. The van der Waals surface area contributed by atoms with E-state index in [9.17, 15) is 4.79 Å². The van der Waals surface area contributed by atoms with Gasteiger partial charge in [0.05, 0.1) is 6.33 Å². The van der Waals surface area contributed by atoms with Gasteiger partial charge in [-0.05, 0) is 40.8 Å². The molecule has 14 heavy (non-hydrogen) atoms. The van der Waals surface area contributed by atoms with Crippen molar-refractivity contribution in [3.05, 3.63) is 20.3 Å². The van der Waals surface area contributed by atoms with E-state index >= 15 is 0 Å². The number of aromatic amines is 1. The molecule has 0 spiro atoms. The van der Waals surface area contributed by atoms with Gasteiger partial charge in [-0.2, -0.15) is 0 Å². The van der Waals surface area contributed by atoms with Gasteiger partial charge in [0, 0.05) is 6.54 Å². The van der Waals surface area contributed by atoms with Gasteiger partial charge >= 0.3 is 0 Å². The molecule has 5 heteroatoms. The van der Waals surface area contributed by atoms with Crippen LogP contribution in [0.3, 0.4) is 0 Å². The van der Waals surface area contributed by atoms with Gasteiger partial charge in [0.1, 0.15) is 9.39 Å². The summed E-state index contributed by atoms with van der Waals surface area (Å²) >= 11 is 2.01. The second-order valence-electron chi connectivity index (χ2n) is 4.06. The van der Waals surface area contributed by atoms with Crippen LogP contribution in [-0.4, -0.2) is 16.5 Å². The molecule has 1 saturated carbocycles. The van der Waals surface area contributed by atoms with Gasteiger partial charge in [-0.15, -0.1) is 0 Å². The molecular weight excluding hydrogens is 293 g/mol. The summed E-state index contributed by atoms with van der Waals surface area (Å²) in [5, 5.41) is 3.22. The van der Waals surface area contributed by atoms with Gasteiger partial charge in [-0.1, -0.05) is 6.92 Å². The Bertz CT molecular complexity index is 397. The second kappa shape index (κ2) is 3.52. The molecule has 76 valence electrons. The molecule has 0 atom stereocenters. The van der Waals surface area contributed by atoms with Crippen molar-refractivity contribution in [2.45, 2.75) is 19.8 Å². The first kappa shape index (κ1) is 9.95. The summed E-state index contributed by atoms with van der Waals surface area (Å²) in [6, 6.07) is 0. The van der Waals surface area contributed by atoms with E-state index in [0.717, 1.165) is 6.54 Å². The summed E-state index contributed by atoms with van der Waals surface area (Å²) in [4.78, 5) is 17.9. The van der Waals surface area contributed by atoms with Crippen molar-refractivity contribution < 1.29 is 0 Å². The molecule has 1 aliphatic rings. The highest BCUT2D eigenvalue weighted by Gasteiger charge is 2.36. The standard InChI is InChI=1S/C9H12IN3O/c1-9(2-3-9)4-11-7-6(10)8(14)13-5-12-7/h5H,2-4H2,1H3,(H2,11,12,13,14). The number of halogens is 1. The highest BCUT2D eigenvalue weighted by atomic mass is 127. The minimum absolute atomic E-state index is 0.0796. The van der Waals surface area contributed by atoms with E-state index in [1.54, 1.807) is 0 Å². The van der Waals surface area contributed by atoms with Crippen molar-refractivity contribution >= 4 is 28.4 Å². The molecule has 2 rings (SSSR count). The van der Waals surface area contributed by atoms with Crippen LogP contribution in [0.5, 0.6) is 0 Å². The summed E-state index contributed by atoms with van der Waals surface area (Å²) in [6.45, 7) is 3.14. The minimum Gasteiger partial charge on any atom is -0.368 e. The zero-order chi connectivity index (χ0) is 10.2. The first-order valence-electron chi connectivity index (χ1n) is 4.58. The number of hydrogen-bond donors (Lipinski definition) is 2. The van der Waals surface area contributed by atoms with Gasteiger partial charge in [0.25, 0.3) is 5.56 Å². The van der Waals surface area contributed by atoms with E-state index in [-0.39, 0.29) is 5.56 Å². The molecule has 0 bridgehead atoms. The monoisotopic (exact) mass is 305 g/mol. The lowest BCUT2D eigenvalue weighted by atomic mass is 10.1. The van der Waals surface area contributed by atoms with Crippen LogP contribution in [0, 0.1) is 8.99 Å². The Morgan fingerprint density at radius 3 is 3.07 bits per heavy atom. The minimum atomic E-state index is -0.0796.